The van der Waals surface area contributed by atoms with E-state index in [1.165, 1.54) is 43.4 Å². The molecule has 2 aromatic rings. The molecule has 6 atom stereocenters. The monoisotopic (exact) mass is 1510 g/mol. The van der Waals surface area contributed by atoms with E-state index in [0.717, 1.165) is 20.3 Å². The van der Waals surface area contributed by atoms with Crippen molar-refractivity contribution in [3.8, 4) is 0 Å². The van der Waals surface area contributed by atoms with E-state index in [2.05, 4.69) is 42.1 Å². The number of hydrogen-bond acceptors (Lipinski definition) is 22. The predicted octanol–water partition coefficient (Wildman–Crippen LogP) is 5.81. The Balaban J connectivity index is -0.000000250. The van der Waals surface area contributed by atoms with Gasteiger partial charge in [0.05, 0.1) is 12.5 Å². The van der Waals surface area contributed by atoms with Gasteiger partial charge in [0, 0.05) is 90.0 Å². The summed E-state index contributed by atoms with van der Waals surface area (Å²) in [6, 6.07) is 16.6. The molecule has 2 rings (SSSR count). The van der Waals surface area contributed by atoms with E-state index in [1.807, 2.05) is 30.3 Å². The quantitative estimate of drug-likeness (QED) is 0.0210. The first kappa shape index (κ1) is 94.5. The Morgan fingerprint density at radius 2 is 0.907 bits per heavy atom. The molecular weight excluding hydrogens is 1430 g/mol. The summed E-state index contributed by atoms with van der Waals surface area (Å²) in [5, 5.41) is 43.7. The normalized spacial score (nSPS) is 11.4. The van der Waals surface area contributed by atoms with Crippen molar-refractivity contribution >= 4 is 157 Å². The average Bonchev–Trinajstić information content (AvgIpc) is 3.52. The van der Waals surface area contributed by atoms with Crippen LogP contribution >= 0.6 is 84.6 Å². The molecule has 0 saturated heterocycles. The molecule has 0 spiro atoms. The summed E-state index contributed by atoms with van der Waals surface area (Å²) < 4.78 is 10.3. The van der Waals surface area contributed by atoms with Crippen molar-refractivity contribution in [2.45, 2.75) is 98.7 Å². The van der Waals surface area contributed by atoms with E-state index in [1.54, 1.807) is 109 Å². The number of carbonyl (C=O) groups is 10. The number of hydrogen-bond donors (Lipinski definition) is 9. The number of ether oxygens (including phenoxy) is 2. The second-order valence-corrected chi connectivity index (χ2v) is 27.4. The van der Waals surface area contributed by atoms with Crippen molar-refractivity contribution in [3.63, 3.8) is 0 Å². The topological polar surface area (TPSA) is 389 Å². The van der Waals surface area contributed by atoms with Crippen molar-refractivity contribution in [2.24, 2.45) is 23.3 Å². The maximum absolute atomic E-state index is 12.7. The Labute approximate surface area is 584 Å². The van der Waals surface area contributed by atoms with Crippen LogP contribution in [0.2, 0.25) is 0 Å². The van der Waals surface area contributed by atoms with Gasteiger partial charge in [0.2, 0.25) is 11.8 Å². The van der Waals surface area contributed by atoms with Crippen LogP contribution in [0.3, 0.4) is 0 Å². The molecule has 0 aliphatic rings. The summed E-state index contributed by atoms with van der Waals surface area (Å²) in [7, 11) is 10.8. The number of benzene rings is 2. The molecule has 25 nitrogen and oxygen atoms in total. The Hall–Kier alpha value is -2.63. The van der Waals surface area contributed by atoms with Crippen LogP contribution in [0.25, 0.3) is 0 Å². The fourth-order valence-electron chi connectivity index (χ4n) is 4.85. The summed E-state index contributed by atoms with van der Waals surface area (Å²) in [6.07, 6.45) is 1.49. The van der Waals surface area contributed by atoms with E-state index in [9.17, 15) is 57.5 Å². The fourth-order valence-corrected chi connectivity index (χ4v) is 8.73. The van der Waals surface area contributed by atoms with Crippen LogP contribution in [0.1, 0.15) is 73.4 Å². The number of rotatable bonds is 28. The van der Waals surface area contributed by atoms with Gasteiger partial charge in [0.1, 0.15) is 55.8 Å². The summed E-state index contributed by atoms with van der Waals surface area (Å²) in [4.78, 5) is 138. The smallest absolute Gasteiger partial charge is 0.411 e. The van der Waals surface area contributed by atoms with Crippen molar-refractivity contribution in [3.05, 3.63) is 71.8 Å². The molecule has 0 bridgehead atoms. The van der Waals surface area contributed by atoms with Crippen LogP contribution in [-0.2, 0) is 136 Å². The number of nitrogens with zero attached hydrogens (tertiary/aromatic N) is 4. The summed E-state index contributed by atoms with van der Waals surface area (Å²) >= 11 is 7.54. The molecule has 35 heteroatoms. The molecule has 2 aromatic carbocycles. The first-order chi connectivity index (χ1) is 38.9. The van der Waals surface area contributed by atoms with Crippen LogP contribution in [0, 0.1) is 11.8 Å². The van der Waals surface area contributed by atoms with Crippen molar-refractivity contribution in [1.82, 2.24) is 19.6 Å². The first-order valence-corrected chi connectivity index (χ1v) is 33.4. The zero-order valence-corrected chi connectivity index (χ0v) is 62.3. The number of thiol groups is 2. The SMILES string of the molecule is CC(=O)CN(Cc1ccccc1)C(=O)CN(CC(=O)O)C(=O)OC(C)(C)C.CC(C)(C)OC(=O)N(CC(=O)O)CC(=O)N(CC(=O)O)Cc1ccccc1.CC(CSSP)C(=O)O.CC([C-]=O)CS.NC(CSSP)C(=O)O.NC([C-]=O)CS.[Y].[Y]. The van der Waals surface area contributed by atoms with Crippen LogP contribution in [0.5, 0.6) is 0 Å². The molecule has 0 aromatic heterocycles. The van der Waals surface area contributed by atoms with Gasteiger partial charge < -0.3 is 65.9 Å². The number of nitrogens with two attached hydrogens (primary N) is 2. The zero-order valence-electron chi connectivity index (χ0n) is 49.3. The van der Waals surface area contributed by atoms with Crippen molar-refractivity contribution < 1.29 is 158 Å². The van der Waals surface area contributed by atoms with E-state index in [4.69, 9.17) is 46.5 Å². The molecule has 4 amide bonds. The largest absolute Gasteiger partial charge is 0.541 e. The summed E-state index contributed by atoms with van der Waals surface area (Å²) in [5.74, 6) is -5.08. The molecule has 9 N–H and O–H groups in total. The molecule has 0 aliphatic heterocycles. The summed E-state index contributed by atoms with van der Waals surface area (Å²) in [5.41, 5.74) is 9.94. The average molecular weight is 1510 g/mol. The second kappa shape index (κ2) is 55.2. The third-order valence-corrected chi connectivity index (χ3v) is 15.2. The molecule has 6 unspecified atom stereocenters. The Bertz CT molecular complexity index is 2170. The number of Topliss-reactive ketones (excluding diaryl/α,β-unsaturated/α-hetero) is 1. The van der Waals surface area contributed by atoms with E-state index in [0.29, 0.717) is 28.6 Å². The van der Waals surface area contributed by atoms with Crippen molar-refractivity contribution in [2.75, 3.05) is 62.3 Å². The Kier molecular flexibility index (Phi) is 60.7. The van der Waals surface area contributed by atoms with Gasteiger partial charge in [0.15, 0.2) is 0 Å². The number of carboxylic acid groups (broad SMARTS) is 5. The van der Waals surface area contributed by atoms with E-state index < -0.39 is 110 Å². The van der Waals surface area contributed by atoms with Gasteiger partial charge in [-0.25, -0.2) is 15.9 Å². The fraction of sp³-hybridized carbons (Fsp3) is 0.529. The minimum Gasteiger partial charge on any atom is -0.541 e. The standard InChI is InChI=1S/C19H26N2O6.C18H24N2O7.C4H9O2PS2.C4H7OS.C3H8NO2PS2.C3H6NOS.2Y/c1-14(22)10-20(11-15-8-6-5-7-9-15)16(23)12-21(13-17(24)25)18(26)27-19(2,3)4;1-18(2,3)27-17(26)20(12-16(24)25)10-14(21)19(11-15(22)23)9-13-7-5-4-6-8-13;1-3(4(5)6)2-8-9-7;1-4(2-5)3-6;4-2(3(5)6)1-8-9-7;4-3(1-5)2-6;;/h5-9H,10-13H2,1-4H3,(H,24,25);4-8H,9-12H2,1-3H3,(H,22,23)(H,24,25);3H,2,7H2,1H3,(H,5,6);4,6H,3H2,1H3;2H,1,4,7H2,(H,5,6);3,6H,2,4H2;;/q;;;-1;;-1;;. The number of carbonyl (C=O) groups excluding carboxylic acids is 7. The van der Waals surface area contributed by atoms with Crippen LogP contribution in [-0.4, -0.2) is 203 Å². The number of aliphatic carboxylic acids is 5. The molecule has 86 heavy (non-hydrogen) atoms. The van der Waals surface area contributed by atoms with Crippen LogP contribution in [0.4, 0.5) is 9.59 Å². The Morgan fingerprint density at radius 3 is 1.15 bits per heavy atom. The first-order valence-electron chi connectivity index (χ1n) is 24.6. The number of amides is 4. The van der Waals surface area contributed by atoms with Gasteiger partial charge in [-0.3, -0.25) is 54.4 Å². The third kappa shape index (κ3) is 57.8. The zero-order chi connectivity index (χ0) is 65.8. The second-order valence-electron chi connectivity index (χ2n) is 19.1. The minimum absolute atomic E-state index is 0. The maximum Gasteiger partial charge on any atom is 0.411 e. The Morgan fingerprint density at radius 1 is 0.558 bits per heavy atom. The van der Waals surface area contributed by atoms with Gasteiger partial charge in [-0.2, -0.15) is 25.3 Å². The van der Waals surface area contributed by atoms with Gasteiger partial charge in [0.25, 0.3) is 0 Å². The van der Waals surface area contributed by atoms with Crippen LogP contribution < -0.4 is 11.5 Å². The third-order valence-electron chi connectivity index (χ3n) is 8.75. The number of carboxylic acids is 5. The molecule has 0 fully saturated rings. The van der Waals surface area contributed by atoms with Crippen molar-refractivity contribution in [1.29, 1.82) is 0 Å². The van der Waals surface area contributed by atoms with Gasteiger partial charge in [-0.1, -0.05) is 140 Å². The molecule has 0 saturated carbocycles. The van der Waals surface area contributed by atoms with Gasteiger partial charge in [-0.05, 0) is 71.1 Å². The molecule has 482 valence electrons. The summed E-state index contributed by atoms with van der Waals surface area (Å²) in [6.45, 7) is 11.5. The molecule has 0 aliphatic carbocycles. The molecule has 0 heterocycles. The van der Waals surface area contributed by atoms with E-state index >= 15 is 0 Å². The number of ketones is 1. The van der Waals surface area contributed by atoms with Crippen LogP contribution in [0.15, 0.2) is 60.7 Å². The molecule has 2 radical (unpaired) electrons. The molecular formula is C51H80N6O19P2S6Y2-2. The minimum atomic E-state index is -1.32. The predicted molar refractivity (Wildman–Crippen MR) is 341 cm³/mol. The van der Waals surface area contributed by atoms with E-state index in [-0.39, 0.29) is 103 Å². The maximum atomic E-state index is 12.7. The van der Waals surface area contributed by atoms with Gasteiger partial charge >= 0.3 is 42.0 Å². The van der Waals surface area contributed by atoms with Gasteiger partial charge in [-0.15, -0.1) is 5.92 Å².